The van der Waals surface area contributed by atoms with Crippen molar-refractivity contribution in [3.8, 4) is 0 Å². The number of hydrogen-bond acceptors (Lipinski definition) is 2. The summed E-state index contributed by atoms with van der Waals surface area (Å²) in [6.45, 7) is 7.66. The zero-order valence-corrected chi connectivity index (χ0v) is 17.1. The molecule has 6 heteroatoms. The van der Waals surface area contributed by atoms with Crippen molar-refractivity contribution < 1.29 is 0 Å². The number of nitrogens with zero attached hydrogens (tertiary/aromatic N) is 2. The van der Waals surface area contributed by atoms with E-state index in [-0.39, 0.29) is 0 Å². The lowest BCUT2D eigenvalue weighted by Crippen LogP contribution is -2.50. The normalized spacial score (nSPS) is 17.3. The van der Waals surface area contributed by atoms with Crippen LogP contribution in [0.4, 0.5) is 0 Å². The number of hydrogen-bond donors (Lipinski definition) is 2. The molecule has 24 heavy (non-hydrogen) atoms. The largest absolute Gasteiger partial charge is 0.356 e. The molecule has 1 aromatic carbocycles. The van der Waals surface area contributed by atoms with E-state index in [9.17, 15) is 0 Å². The predicted molar refractivity (Wildman–Crippen MR) is 107 cm³/mol. The number of piperidine rings is 1. The van der Waals surface area contributed by atoms with Crippen LogP contribution in [0.1, 0.15) is 32.3 Å². The number of guanidine groups is 1. The highest BCUT2D eigenvalue weighted by molar-refractivity contribution is 9.10. The summed E-state index contributed by atoms with van der Waals surface area (Å²) in [5.74, 6) is 0.885. The summed E-state index contributed by atoms with van der Waals surface area (Å²) in [5, 5.41) is 7.73. The monoisotopic (exact) mass is 414 g/mol. The van der Waals surface area contributed by atoms with Gasteiger partial charge in [0.1, 0.15) is 0 Å². The van der Waals surface area contributed by atoms with Gasteiger partial charge in [0.25, 0.3) is 0 Å². The average Bonchev–Trinajstić information content (AvgIpc) is 2.57. The van der Waals surface area contributed by atoms with Gasteiger partial charge in [-0.15, -0.1) is 0 Å². The van der Waals surface area contributed by atoms with E-state index >= 15 is 0 Å². The Morgan fingerprint density at radius 2 is 2.08 bits per heavy atom. The molecular formula is C18H28BrClN4. The maximum absolute atomic E-state index is 6.07. The van der Waals surface area contributed by atoms with Gasteiger partial charge in [-0.05, 0) is 56.9 Å². The minimum Gasteiger partial charge on any atom is -0.356 e. The van der Waals surface area contributed by atoms with Gasteiger partial charge in [-0.1, -0.05) is 27.5 Å². The van der Waals surface area contributed by atoms with Crippen molar-refractivity contribution in [2.75, 3.05) is 26.7 Å². The average molecular weight is 416 g/mol. The molecule has 0 saturated carbocycles. The van der Waals surface area contributed by atoms with Gasteiger partial charge in [-0.25, -0.2) is 0 Å². The Morgan fingerprint density at radius 1 is 1.38 bits per heavy atom. The fraction of sp³-hybridized carbons (Fsp3) is 0.611. The van der Waals surface area contributed by atoms with Gasteiger partial charge in [-0.2, -0.15) is 0 Å². The van der Waals surface area contributed by atoms with Gasteiger partial charge in [-0.3, -0.25) is 4.99 Å². The topological polar surface area (TPSA) is 39.7 Å². The number of benzene rings is 1. The summed E-state index contributed by atoms with van der Waals surface area (Å²) in [5.41, 5.74) is 1.20. The third-order valence-corrected chi connectivity index (χ3v) is 5.53. The van der Waals surface area contributed by atoms with Crippen LogP contribution in [-0.4, -0.2) is 49.6 Å². The van der Waals surface area contributed by atoms with Gasteiger partial charge in [0.05, 0.1) is 0 Å². The van der Waals surface area contributed by atoms with E-state index in [4.69, 9.17) is 11.6 Å². The van der Waals surface area contributed by atoms with Crippen LogP contribution in [0.25, 0.3) is 0 Å². The molecule has 1 aromatic rings. The molecular weight excluding hydrogens is 388 g/mol. The standard InChI is InChI=1S/C18H28BrClN4/c1-13(2)24-10-7-16(8-11-24)23-18(21-3)22-9-6-14-12-15(20)4-5-17(14)19/h4-5,12-13,16H,6-11H2,1-3H3,(H2,21,22,23). The lowest BCUT2D eigenvalue weighted by atomic mass is 10.0. The fourth-order valence-electron chi connectivity index (χ4n) is 3.00. The van der Waals surface area contributed by atoms with Crippen molar-refractivity contribution in [3.63, 3.8) is 0 Å². The van der Waals surface area contributed by atoms with E-state index in [1.165, 1.54) is 18.4 Å². The highest BCUT2D eigenvalue weighted by Gasteiger charge is 2.21. The first kappa shape index (κ1) is 19.5. The second kappa shape index (κ2) is 9.64. The second-order valence-corrected chi connectivity index (χ2v) is 7.82. The Hall–Kier alpha value is -0.780. The SMILES string of the molecule is CN=C(NCCc1cc(Cl)ccc1Br)NC1CCN(C(C)C)CC1. The first-order valence-electron chi connectivity index (χ1n) is 8.64. The number of rotatable bonds is 5. The predicted octanol–water partition coefficient (Wildman–Crippen LogP) is 3.68. The first-order valence-corrected chi connectivity index (χ1v) is 9.82. The van der Waals surface area contributed by atoms with Crippen molar-refractivity contribution in [3.05, 3.63) is 33.3 Å². The molecule has 0 spiro atoms. The van der Waals surface area contributed by atoms with Crippen LogP contribution < -0.4 is 10.6 Å². The van der Waals surface area contributed by atoms with Gasteiger partial charge in [0.15, 0.2) is 5.96 Å². The van der Waals surface area contributed by atoms with Crippen LogP contribution in [0.15, 0.2) is 27.7 Å². The van der Waals surface area contributed by atoms with Crippen molar-refractivity contribution in [1.82, 2.24) is 15.5 Å². The highest BCUT2D eigenvalue weighted by atomic mass is 79.9. The lowest BCUT2D eigenvalue weighted by molar-refractivity contribution is 0.167. The van der Waals surface area contributed by atoms with Crippen molar-refractivity contribution in [2.24, 2.45) is 4.99 Å². The number of aliphatic imine (C=N–C) groups is 1. The smallest absolute Gasteiger partial charge is 0.191 e. The minimum absolute atomic E-state index is 0.504. The highest BCUT2D eigenvalue weighted by Crippen LogP contribution is 2.21. The molecule has 1 aliphatic rings. The minimum atomic E-state index is 0.504. The summed E-state index contributed by atoms with van der Waals surface area (Å²) in [6.07, 6.45) is 3.23. The van der Waals surface area contributed by atoms with Crippen LogP contribution in [0, 0.1) is 0 Å². The summed E-state index contributed by atoms with van der Waals surface area (Å²) in [4.78, 5) is 6.88. The molecule has 1 heterocycles. The lowest BCUT2D eigenvalue weighted by Gasteiger charge is -2.35. The molecule has 0 bridgehead atoms. The molecule has 2 rings (SSSR count). The Bertz CT molecular complexity index is 554. The van der Waals surface area contributed by atoms with E-state index in [0.29, 0.717) is 12.1 Å². The van der Waals surface area contributed by atoms with E-state index in [2.05, 4.69) is 50.3 Å². The Labute approximate surface area is 159 Å². The van der Waals surface area contributed by atoms with Gasteiger partial charge < -0.3 is 15.5 Å². The Kier molecular flexibility index (Phi) is 7.85. The van der Waals surface area contributed by atoms with E-state index < -0.39 is 0 Å². The van der Waals surface area contributed by atoms with Crippen molar-refractivity contribution in [1.29, 1.82) is 0 Å². The maximum atomic E-state index is 6.07. The van der Waals surface area contributed by atoms with Crippen LogP contribution in [-0.2, 0) is 6.42 Å². The summed E-state index contributed by atoms with van der Waals surface area (Å²) >= 11 is 9.64. The van der Waals surface area contributed by atoms with Gasteiger partial charge >= 0.3 is 0 Å². The van der Waals surface area contributed by atoms with E-state index in [0.717, 1.165) is 41.5 Å². The summed E-state index contributed by atoms with van der Waals surface area (Å²) < 4.78 is 1.10. The number of halogens is 2. The molecule has 0 amide bonds. The zero-order valence-electron chi connectivity index (χ0n) is 14.8. The van der Waals surface area contributed by atoms with Gasteiger partial charge in [0, 0.05) is 48.3 Å². The third-order valence-electron chi connectivity index (χ3n) is 4.52. The molecule has 0 radical (unpaired) electrons. The molecule has 0 aromatic heterocycles. The third kappa shape index (κ3) is 5.94. The fourth-order valence-corrected chi connectivity index (χ4v) is 3.64. The zero-order chi connectivity index (χ0) is 17.5. The van der Waals surface area contributed by atoms with Crippen molar-refractivity contribution >= 4 is 33.5 Å². The van der Waals surface area contributed by atoms with Gasteiger partial charge in [0.2, 0.25) is 0 Å². The Morgan fingerprint density at radius 3 is 2.71 bits per heavy atom. The summed E-state index contributed by atoms with van der Waals surface area (Å²) in [7, 11) is 1.83. The molecule has 0 aliphatic carbocycles. The molecule has 1 saturated heterocycles. The molecule has 4 nitrogen and oxygen atoms in total. The molecule has 1 aliphatic heterocycles. The number of nitrogens with one attached hydrogen (secondary N) is 2. The number of likely N-dealkylation sites (tertiary alicyclic amines) is 1. The van der Waals surface area contributed by atoms with Crippen LogP contribution in [0.5, 0.6) is 0 Å². The molecule has 1 fully saturated rings. The van der Waals surface area contributed by atoms with Crippen LogP contribution in [0.3, 0.4) is 0 Å². The summed E-state index contributed by atoms with van der Waals surface area (Å²) in [6, 6.07) is 7.04. The molecule has 0 atom stereocenters. The maximum Gasteiger partial charge on any atom is 0.191 e. The second-order valence-electron chi connectivity index (χ2n) is 6.53. The quantitative estimate of drug-likeness (QED) is 0.569. The van der Waals surface area contributed by atoms with Crippen molar-refractivity contribution in [2.45, 2.75) is 45.2 Å². The van der Waals surface area contributed by atoms with E-state index in [1.54, 1.807) is 0 Å². The van der Waals surface area contributed by atoms with Crippen LogP contribution in [0.2, 0.25) is 5.02 Å². The molecule has 0 unspecified atom stereocenters. The molecule has 134 valence electrons. The van der Waals surface area contributed by atoms with Crippen LogP contribution >= 0.6 is 27.5 Å². The van der Waals surface area contributed by atoms with E-state index in [1.807, 2.05) is 25.2 Å². The Balaban J connectivity index is 1.76. The molecule has 2 N–H and O–H groups in total. The first-order chi connectivity index (χ1) is 11.5.